The van der Waals surface area contributed by atoms with Crippen LogP contribution in [-0.2, 0) is 19.3 Å². The summed E-state index contributed by atoms with van der Waals surface area (Å²) in [6.45, 7) is 7.29. The summed E-state index contributed by atoms with van der Waals surface area (Å²) in [7, 11) is 0. The number of ketones is 1. The molecule has 0 amide bonds. The van der Waals surface area contributed by atoms with Gasteiger partial charge in [-0.25, -0.2) is 0 Å². The highest BCUT2D eigenvalue weighted by molar-refractivity contribution is 7.81. The minimum Gasteiger partial charge on any atom is -0.318 e. The van der Waals surface area contributed by atoms with Gasteiger partial charge < -0.3 is 4.31 Å². The Labute approximate surface area is 153 Å². The molecule has 1 aromatic heterocycles. The van der Waals surface area contributed by atoms with Crippen molar-refractivity contribution >= 4 is 35.6 Å². The second kappa shape index (κ2) is 5.63. The predicted molar refractivity (Wildman–Crippen MR) is 106 cm³/mol. The van der Waals surface area contributed by atoms with Crippen LogP contribution >= 0.6 is 24.2 Å². The third kappa shape index (κ3) is 2.51. The molecule has 126 valence electrons. The van der Waals surface area contributed by atoms with Crippen LogP contribution in [0.1, 0.15) is 53.6 Å². The number of carbonyl (C=O) groups is 1. The number of fused-ring (bicyclic) bond motifs is 2. The molecule has 2 nitrogen and oxygen atoms in total. The Balaban J connectivity index is 1.92. The first-order valence-electron chi connectivity index (χ1n) is 8.61. The average Bonchev–Trinajstić information content (AvgIpc) is 3.07. The fraction of sp³-hybridized carbons (Fsp3) is 0.450. The Hall–Kier alpha value is -1.26. The van der Waals surface area contributed by atoms with Crippen LogP contribution < -0.4 is 4.31 Å². The van der Waals surface area contributed by atoms with Crippen LogP contribution in [0.25, 0.3) is 10.4 Å². The minimum absolute atomic E-state index is 0.207. The van der Waals surface area contributed by atoms with Gasteiger partial charge in [-0.1, -0.05) is 38.8 Å². The monoisotopic (exact) mass is 357 g/mol. The molecule has 0 bridgehead atoms. The normalized spacial score (nSPS) is 18.4. The first kappa shape index (κ1) is 16.2. The van der Waals surface area contributed by atoms with E-state index in [2.05, 4.69) is 44.9 Å². The summed E-state index contributed by atoms with van der Waals surface area (Å²) in [6.07, 6.45) is 4.32. The Bertz CT molecular complexity index is 834. The molecule has 0 saturated carbocycles. The molecule has 0 atom stereocenters. The van der Waals surface area contributed by atoms with Gasteiger partial charge in [-0.3, -0.25) is 4.79 Å². The van der Waals surface area contributed by atoms with Gasteiger partial charge in [-0.2, -0.15) is 0 Å². The molecular formula is C20H23NOS2. The third-order valence-electron chi connectivity index (χ3n) is 5.37. The molecule has 0 fully saturated rings. The number of thiophene rings is 1. The fourth-order valence-corrected chi connectivity index (χ4v) is 5.82. The van der Waals surface area contributed by atoms with Gasteiger partial charge in [0, 0.05) is 21.9 Å². The van der Waals surface area contributed by atoms with Crippen molar-refractivity contribution in [3.63, 3.8) is 0 Å². The lowest BCUT2D eigenvalue weighted by atomic mass is 9.75. The first-order valence-corrected chi connectivity index (χ1v) is 9.83. The van der Waals surface area contributed by atoms with Gasteiger partial charge in [-0.15, -0.1) is 11.3 Å². The van der Waals surface area contributed by atoms with Gasteiger partial charge in [-0.05, 0) is 60.8 Å². The molecule has 4 heteroatoms. The van der Waals surface area contributed by atoms with E-state index in [9.17, 15) is 4.79 Å². The van der Waals surface area contributed by atoms with Crippen molar-refractivity contribution in [2.24, 2.45) is 5.41 Å². The molecule has 24 heavy (non-hydrogen) atoms. The lowest BCUT2D eigenvalue weighted by Gasteiger charge is -2.29. The lowest BCUT2D eigenvalue weighted by molar-refractivity contribution is 0.101. The van der Waals surface area contributed by atoms with Gasteiger partial charge in [0.05, 0.1) is 5.69 Å². The standard InChI is InChI=1S/C20H23NOS2/c1-12(22)18-15-11-20(2,3)9-7-17(15)24-19(18)14-5-4-6-16-13(14)8-10-21(16)23/h4-6,23H,7-11H2,1-3H3. The maximum Gasteiger partial charge on any atom is 0.161 e. The molecule has 1 aromatic carbocycles. The lowest BCUT2D eigenvalue weighted by Crippen LogP contribution is -2.22. The summed E-state index contributed by atoms with van der Waals surface area (Å²) >= 11 is 6.41. The Kier molecular flexibility index (Phi) is 3.81. The molecule has 0 radical (unpaired) electrons. The smallest absolute Gasteiger partial charge is 0.161 e. The molecule has 0 N–H and O–H groups in total. The molecule has 2 heterocycles. The maximum absolute atomic E-state index is 12.5. The second-order valence-electron chi connectivity index (χ2n) is 7.78. The van der Waals surface area contributed by atoms with Crippen molar-refractivity contribution in [3.8, 4) is 10.4 Å². The van der Waals surface area contributed by atoms with E-state index in [1.807, 2.05) is 15.6 Å². The van der Waals surface area contributed by atoms with Crippen molar-refractivity contribution in [1.82, 2.24) is 0 Å². The number of aryl methyl sites for hydroxylation is 1. The van der Waals surface area contributed by atoms with Gasteiger partial charge in [0.15, 0.2) is 5.78 Å². The van der Waals surface area contributed by atoms with Crippen LogP contribution in [-0.4, -0.2) is 12.3 Å². The number of thiol groups is 1. The zero-order chi connectivity index (χ0) is 17.1. The molecule has 0 unspecified atom stereocenters. The number of carbonyl (C=O) groups excluding carboxylic acids is 1. The SMILES string of the molecule is CC(=O)c1c(-c2cccc3c2CCN3S)sc2c1CC(C)(C)CC2. The summed E-state index contributed by atoms with van der Waals surface area (Å²) in [4.78, 5) is 15.1. The van der Waals surface area contributed by atoms with E-state index in [1.165, 1.54) is 38.6 Å². The van der Waals surface area contributed by atoms with E-state index in [0.29, 0.717) is 0 Å². The summed E-state index contributed by atoms with van der Waals surface area (Å²) in [6, 6.07) is 6.40. The highest BCUT2D eigenvalue weighted by Crippen LogP contribution is 2.47. The van der Waals surface area contributed by atoms with E-state index >= 15 is 0 Å². The number of Topliss-reactive ketones (excluding diaryl/α,β-unsaturated/α-hetero) is 1. The molecule has 1 aliphatic heterocycles. The van der Waals surface area contributed by atoms with Crippen LogP contribution in [0.4, 0.5) is 5.69 Å². The first-order chi connectivity index (χ1) is 11.4. The molecule has 0 spiro atoms. The second-order valence-corrected chi connectivity index (χ2v) is 9.37. The van der Waals surface area contributed by atoms with Gasteiger partial charge in [0.2, 0.25) is 0 Å². The predicted octanol–water partition coefficient (Wildman–Crippen LogP) is 5.34. The summed E-state index contributed by atoms with van der Waals surface area (Å²) in [5, 5.41) is 0. The van der Waals surface area contributed by atoms with Crippen molar-refractivity contribution in [3.05, 3.63) is 39.8 Å². The Morgan fingerprint density at radius 1 is 1.25 bits per heavy atom. The zero-order valence-corrected chi connectivity index (χ0v) is 16.2. The Morgan fingerprint density at radius 3 is 2.79 bits per heavy atom. The number of hydrogen-bond acceptors (Lipinski definition) is 4. The summed E-state index contributed by atoms with van der Waals surface area (Å²) in [5.74, 6) is 0.207. The molecule has 0 saturated heterocycles. The van der Waals surface area contributed by atoms with Crippen molar-refractivity contribution in [1.29, 1.82) is 0 Å². The van der Waals surface area contributed by atoms with Crippen LogP contribution in [0.2, 0.25) is 0 Å². The van der Waals surface area contributed by atoms with Crippen LogP contribution in [0.5, 0.6) is 0 Å². The topological polar surface area (TPSA) is 20.3 Å². The average molecular weight is 358 g/mol. The van der Waals surface area contributed by atoms with Crippen LogP contribution in [0.3, 0.4) is 0 Å². The number of rotatable bonds is 2. The van der Waals surface area contributed by atoms with Gasteiger partial charge in [0.25, 0.3) is 0 Å². The molecular weight excluding hydrogens is 334 g/mol. The number of nitrogens with zero attached hydrogens (tertiary/aromatic N) is 1. The minimum atomic E-state index is 0.207. The highest BCUT2D eigenvalue weighted by Gasteiger charge is 2.33. The number of benzene rings is 1. The van der Waals surface area contributed by atoms with Crippen molar-refractivity contribution in [2.45, 2.75) is 46.5 Å². The summed E-state index contributed by atoms with van der Waals surface area (Å²) in [5.41, 5.74) is 6.36. The highest BCUT2D eigenvalue weighted by atomic mass is 32.1. The molecule has 2 aromatic rings. The number of hydrogen-bond donors (Lipinski definition) is 1. The molecule has 1 aliphatic carbocycles. The third-order valence-corrected chi connectivity index (χ3v) is 7.12. The van der Waals surface area contributed by atoms with E-state index in [-0.39, 0.29) is 11.2 Å². The van der Waals surface area contributed by atoms with E-state index < -0.39 is 0 Å². The number of anilines is 1. The van der Waals surface area contributed by atoms with Crippen LogP contribution in [0.15, 0.2) is 18.2 Å². The van der Waals surface area contributed by atoms with E-state index in [0.717, 1.165) is 31.4 Å². The van der Waals surface area contributed by atoms with Gasteiger partial charge >= 0.3 is 0 Å². The largest absolute Gasteiger partial charge is 0.318 e. The molecule has 2 aliphatic rings. The van der Waals surface area contributed by atoms with E-state index in [4.69, 9.17) is 0 Å². The summed E-state index contributed by atoms with van der Waals surface area (Å²) < 4.78 is 2.02. The van der Waals surface area contributed by atoms with Crippen molar-refractivity contribution < 1.29 is 4.79 Å². The van der Waals surface area contributed by atoms with Crippen LogP contribution in [0, 0.1) is 5.41 Å². The van der Waals surface area contributed by atoms with E-state index in [1.54, 1.807) is 6.92 Å². The molecule has 4 rings (SSSR count). The maximum atomic E-state index is 12.5. The quantitative estimate of drug-likeness (QED) is 0.578. The van der Waals surface area contributed by atoms with Gasteiger partial charge in [0.1, 0.15) is 0 Å². The fourth-order valence-electron chi connectivity index (χ4n) is 4.11. The Morgan fingerprint density at radius 2 is 2.04 bits per heavy atom. The zero-order valence-electron chi connectivity index (χ0n) is 14.5. The van der Waals surface area contributed by atoms with Crippen molar-refractivity contribution in [2.75, 3.05) is 10.8 Å².